The number of aryl methyl sites for hydroxylation is 1. The second-order valence-corrected chi connectivity index (χ2v) is 8.98. The van der Waals surface area contributed by atoms with Gasteiger partial charge in [-0.1, -0.05) is 12.1 Å². The van der Waals surface area contributed by atoms with Gasteiger partial charge in [-0.15, -0.1) is 0 Å². The van der Waals surface area contributed by atoms with E-state index >= 15 is 0 Å². The maximum atomic E-state index is 11.7. The number of methoxy groups -OCH3 is 1. The molecule has 0 radical (unpaired) electrons. The van der Waals surface area contributed by atoms with Crippen LogP contribution in [0, 0.1) is 6.92 Å². The van der Waals surface area contributed by atoms with E-state index in [0.29, 0.717) is 17.0 Å². The molecule has 3 aromatic carbocycles. The molecule has 0 aliphatic heterocycles. The van der Waals surface area contributed by atoms with Gasteiger partial charge in [-0.2, -0.15) is 10.2 Å². The molecule has 0 saturated heterocycles. The standard InChI is InChI=1S/C18H17N3O7S2.2Na/c1-10-6-16(28-2)14(19)9-15(10)21-20-11-7-13-12(18(8-11)30(25,26)27)4-3-5-17(13)29(22,23)24;;/h3-9H,19H2,1-2H3,(H,22,23,24)(H,25,26,27);;/q;2*+1/p-2. The van der Waals surface area contributed by atoms with Gasteiger partial charge >= 0.3 is 59.1 Å². The van der Waals surface area contributed by atoms with Gasteiger partial charge in [0, 0.05) is 10.8 Å². The van der Waals surface area contributed by atoms with Crippen LogP contribution in [0.1, 0.15) is 5.56 Å². The third-order valence-corrected chi connectivity index (χ3v) is 6.03. The van der Waals surface area contributed by atoms with Crippen LogP contribution in [-0.4, -0.2) is 33.1 Å². The Balaban J connectivity index is 0.00000256. The number of anilines is 1. The Morgan fingerprint density at radius 1 is 0.875 bits per heavy atom. The molecule has 0 bridgehead atoms. The first-order chi connectivity index (χ1) is 13.9. The van der Waals surface area contributed by atoms with E-state index in [4.69, 9.17) is 10.5 Å². The summed E-state index contributed by atoms with van der Waals surface area (Å²) in [4.78, 5) is -1.39. The van der Waals surface area contributed by atoms with Crippen molar-refractivity contribution in [2.45, 2.75) is 16.7 Å². The van der Waals surface area contributed by atoms with Crippen molar-refractivity contribution >= 4 is 48.1 Å². The molecule has 3 aromatic rings. The van der Waals surface area contributed by atoms with Crippen molar-refractivity contribution in [1.82, 2.24) is 0 Å². The number of benzene rings is 3. The van der Waals surface area contributed by atoms with E-state index in [9.17, 15) is 25.9 Å². The number of rotatable bonds is 5. The van der Waals surface area contributed by atoms with Crippen molar-refractivity contribution < 1.29 is 89.8 Å². The molecule has 0 atom stereocenters. The van der Waals surface area contributed by atoms with Crippen LogP contribution in [0.5, 0.6) is 5.75 Å². The first-order valence-electron chi connectivity index (χ1n) is 8.26. The number of ether oxygens (including phenoxy) is 1. The second kappa shape index (κ2) is 10.9. The van der Waals surface area contributed by atoms with Crippen LogP contribution in [0.2, 0.25) is 0 Å². The van der Waals surface area contributed by atoms with Crippen molar-refractivity contribution in [2.24, 2.45) is 10.2 Å². The van der Waals surface area contributed by atoms with E-state index in [1.807, 2.05) is 0 Å². The first kappa shape index (κ1) is 29.0. The molecule has 0 heterocycles. The normalized spacial score (nSPS) is 11.8. The van der Waals surface area contributed by atoms with Gasteiger partial charge in [-0.3, -0.25) is 0 Å². The molecule has 0 amide bonds. The SMILES string of the molecule is COc1cc(C)c(N=Nc2cc(S(=O)(=O)[O-])c3cccc(S(=O)(=O)[O-])c3c2)cc1N.[Na+].[Na+]. The first-order valence-corrected chi connectivity index (χ1v) is 11.1. The topological polar surface area (TPSA) is 174 Å². The minimum atomic E-state index is -5.01. The summed E-state index contributed by atoms with van der Waals surface area (Å²) in [7, 11) is -8.50. The van der Waals surface area contributed by atoms with Crippen LogP contribution in [0.15, 0.2) is 62.5 Å². The summed E-state index contributed by atoms with van der Waals surface area (Å²) in [6.07, 6.45) is 0. The van der Waals surface area contributed by atoms with Crippen molar-refractivity contribution in [3.63, 3.8) is 0 Å². The van der Waals surface area contributed by atoms with Crippen LogP contribution in [-0.2, 0) is 20.2 Å². The molecule has 0 aliphatic rings. The van der Waals surface area contributed by atoms with E-state index < -0.39 is 30.0 Å². The smallest absolute Gasteiger partial charge is 0.744 e. The number of nitrogens with zero attached hydrogens (tertiary/aromatic N) is 2. The van der Waals surface area contributed by atoms with Crippen molar-refractivity contribution in [3.05, 3.63) is 48.0 Å². The van der Waals surface area contributed by atoms with E-state index in [1.54, 1.807) is 13.0 Å². The fourth-order valence-corrected chi connectivity index (χ4v) is 4.27. The van der Waals surface area contributed by atoms with Crippen LogP contribution < -0.4 is 69.6 Å². The number of nitrogen functional groups attached to an aromatic ring is 1. The summed E-state index contributed by atoms with van der Waals surface area (Å²) < 4.78 is 75.0. The zero-order chi connectivity index (χ0) is 22.3. The van der Waals surface area contributed by atoms with Crippen molar-refractivity contribution in [2.75, 3.05) is 12.8 Å². The molecule has 2 N–H and O–H groups in total. The predicted molar refractivity (Wildman–Crippen MR) is 106 cm³/mol. The third-order valence-electron chi connectivity index (χ3n) is 4.26. The van der Waals surface area contributed by atoms with E-state index in [0.717, 1.165) is 12.1 Å². The fourth-order valence-electron chi connectivity index (χ4n) is 2.87. The Labute approximate surface area is 229 Å². The zero-order valence-electron chi connectivity index (χ0n) is 17.7. The van der Waals surface area contributed by atoms with Gasteiger partial charge < -0.3 is 19.6 Å². The van der Waals surface area contributed by atoms with E-state index in [1.165, 1.54) is 31.4 Å². The molecule has 0 aromatic heterocycles. The van der Waals surface area contributed by atoms with Gasteiger partial charge in [-0.05, 0) is 42.8 Å². The van der Waals surface area contributed by atoms with Crippen LogP contribution in [0.25, 0.3) is 10.8 Å². The molecule has 14 heteroatoms. The minimum absolute atomic E-state index is 0. The third kappa shape index (κ3) is 6.29. The Bertz CT molecular complexity index is 1410. The molecule has 0 spiro atoms. The van der Waals surface area contributed by atoms with Gasteiger partial charge in [-0.25, -0.2) is 16.8 Å². The Morgan fingerprint density at radius 2 is 1.50 bits per heavy atom. The molecule has 10 nitrogen and oxygen atoms in total. The number of nitrogens with two attached hydrogens (primary N) is 1. The zero-order valence-corrected chi connectivity index (χ0v) is 23.3. The summed E-state index contributed by atoms with van der Waals surface area (Å²) in [6.45, 7) is 1.71. The quantitative estimate of drug-likeness (QED) is 0.168. The predicted octanol–water partition coefficient (Wildman–Crippen LogP) is -3.03. The Kier molecular flexibility index (Phi) is 9.88. The van der Waals surface area contributed by atoms with Gasteiger partial charge in [0.1, 0.15) is 26.0 Å². The van der Waals surface area contributed by atoms with Crippen LogP contribution in [0.4, 0.5) is 17.1 Å². The maximum absolute atomic E-state index is 11.7. The van der Waals surface area contributed by atoms with Gasteiger partial charge in [0.15, 0.2) is 0 Å². The summed E-state index contributed by atoms with van der Waals surface area (Å²) >= 11 is 0. The average Bonchev–Trinajstić information content (AvgIpc) is 2.65. The largest absolute Gasteiger partial charge is 1.00 e. The summed E-state index contributed by atoms with van der Waals surface area (Å²) in [5.74, 6) is 0.433. The Morgan fingerprint density at radius 3 is 2.06 bits per heavy atom. The molecule has 3 rings (SSSR count). The molecule has 0 aliphatic carbocycles. The number of fused-ring (bicyclic) bond motifs is 1. The van der Waals surface area contributed by atoms with Gasteiger partial charge in [0.25, 0.3) is 0 Å². The minimum Gasteiger partial charge on any atom is -0.744 e. The van der Waals surface area contributed by atoms with Gasteiger partial charge in [0.2, 0.25) is 0 Å². The molecule has 0 saturated carbocycles. The van der Waals surface area contributed by atoms with E-state index in [-0.39, 0.29) is 81.3 Å². The van der Waals surface area contributed by atoms with E-state index in [2.05, 4.69) is 10.2 Å². The maximum Gasteiger partial charge on any atom is 1.00 e. The molecular formula is C18H15N3Na2O7S2. The van der Waals surface area contributed by atoms with Crippen molar-refractivity contribution in [1.29, 1.82) is 0 Å². The average molecular weight is 495 g/mol. The van der Waals surface area contributed by atoms with Crippen molar-refractivity contribution in [3.8, 4) is 5.75 Å². The second-order valence-electron chi connectivity index (χ2n) is 6.28. The number of azo groups is 1. The van der Waals surface area contributed by atoms with Crippen LogP contribution >= 0.6 is 0 Å². The summed E-state index contributed by atoms with van der Waals surface area (Å²) in [6, 6.07) is 8.65. The fraction of sp³-hybridized carbons (Fsp3) is 0.111. The monoisotopic (exact) mass is 495 g/mol. The molecule has 32 heavy (non-hydrogen) atoms. The molecule has 158 valence electrons. The molecule has 0 fully saturated rings. The molecular weight excluding hydrogens is 480 g/mol. The van der Waals surface area contributed by atoms with Crippen LogP contribution in [0.3, 0.4) is 0 Å². The summed E-state index contributed by atoms with van der Waals surface area (Å²) in [5.41, 5.74) is 6.98. The Hall–Kier alpha value is -1.06. The molecule has 0 unspecified atom stereocenters. The number of hydrogen-bond acceptors (Lipinski definition) is 10. The number of hydrogen-bond donors (Lipinski definition) is 1. The summed E-state index contributed by atoms with van der Waals surface area (Å²) in [5, 5.41) is 7.46. The van der Waals surface area contributed by atoms with Gasteiger partial charge in [0.05, 0.1) is 34.0 Å².